The van der Waals surface area contributed by atoms with Gasteiger partial charge in [-0.2, -0.15) is 0 Å². The molecule has 4 rings (SSSR count). The molecule has 2 aliphatic rings. The lowest BCUT2D eigenvalue weighted by Gasteiger charge is -2.26. The summed E-state index contributed by atoms with van der Waals surface area (Å²) in [7, 11) is 0. The molecule has 44 heavy (non-hydrogen) atoms. The molecule has 2 saturated carbocycles. The molecule has 2 aromatic rings. The van der Waals surface area contributed by atoms with Gasteiger partial charge in [0.1, 0.15) is 11.5 Å². The Bertz CT molecular complexity index is 1100. The molecule has 10 nitrogen and oxygen atoms in total. The van der Waals surface area contributed by atoms with Gasteiger partial charge in [0.15, 0.2) is 0 Å². The van der Waals surface area contributed by atoms with Crippen LogP contribution in [0.3, 0.4) is 0 Å². The van der Waals surface area contributed by atoms with Gasteiger partial charge < -0.3 is 31.2 Å². The van der Waals surface area contributed by atoms with Crippen molar-refractivity contribution in [2.24, 2.45) is 35.1 Å². The summed E-state index contributed by atoms with van der Waals surface area (Å²) < 4.78 is 10.8. The Balaban J connectivity index is 0.000000240. The second kappa shape index (κ2) is 18.1. The summed E-state index contributed by atoms with van der Waals surface area (Å²) in [6.07, 6.45) is 8.50. The Morgan fingerprint density at radius 3 is 1.16 bits per heavy atom. The average molecular weight is 611 g/mol. The maximum Gasteiger partial charge on any atom is 0.314 e. The Kier molecular flexibility index (Phi) is 14.3. The monoisotopic (exact) mass is 610 g/mol. The van der Waals surface area contributed by atoms with Crippen LogP contribution in [0.15, 0.2) is 48.5 Å². The fraction of sp³-hybridized carbons (Fsp3) is 0.529. The normalized spacial score (nSPS) is 21.3. The molecule has 0 saturated heterocycles. The number of hydrogen-bond donors (Lipinski definition) is 4. The zero-order chi connectivity index (χ0) is 31.9. The number of carboxylic acids is 2. The van der Waals surface area contributed by atoms with Gasteiger partial charge in [-0.3, -0.25) is 19.2 Å². The van der Waals surface area contributed by atoms with Crippen LogP contribution < -0.4 is 20.9 Å². The fourth-order valence-electron chi connectivity index (χ4n) is 5.62. The van der Waals surface area contributed by atoms with Crippen molar-refractivity contribution in [1.29, 1.82) is 0 Å². The predicted molar refractivity (Wildman–Crippen MR) is 165 cm³/mol. The van der Waals surface area contributed by atoms with Crippen LogP contribution in [-0.2, 0) is 32.0 Å². The van der Waals surface area contributed by atoms with Crippen molar-refractivity contribution in [2.45, 2.75) is 77.0 Å². The minimum atomic E-state index is -0.816. The topological polar surface area (TPSA) is 179 Å². The average Bonchev–Trinajstić information content (AvgIpc) is 3.04. The van der Waals surface area contributed by atoms with Gasteiger partial charge in [-0.25, -0.2) is 0 Å². The molecule has 0 heterocycles. The van der Waals surface area contributed by atoms with Crippen LogP contribution in [0.25, 0.3) is 0 Å². The smallest absolute Gasteiger partial charge is 0.314 e. The van der Waals surface area contributed by atoms with Gasteiger partial charge >= 0.3 is 23.9 Å². The maximum atomic E-state index is 12.1. The molecule has 0 radical (unpaired) electrons. The van der Waals surface area contributed by atoms with E-state index >= 15 is 0 Å². The van der Waals surface area contributed by atoms with Gasteiger partial charge in [-0.1, -0.05) is 24.3 Å². The van der Waals surface area contributed by atoms with Crippen LogP contribution in [-0.4, -0.2) is 47.2 Å². The Morgan fingerprint density at radius 2 is 0.886 bits per heavy atom. The van der Waals surface area contributed by atoms with Crippen LogP contribution >= 0.6 is 0 Å². The van der Waals surface area contributed by atoms with E-state index in [1.165, 1.54) is 0 Å². The molecule has 0 amide bonds. The van der Waals surface area contributed by atoms with Gasteiger partial charge in [0, 0.05) is 12.8 Å². The van der Waals surface area contributed by atoms with Crippen molar-refractivity contribution in [3.63, 3.8) is 0 Å². The molecule has 0 unspecified atom stereocenters. The van der Waals surface area contributed by atoms with E-state index in [1.54, 1.807) is 48.5 Å². The Morgan fingerprint density at radius 1 is 0.568 bits per heavy atom. The second-order valence-electron chi connectivity index (χ2n) is 11.8. The highest BCUT2D eigenvalue weighted by Crippen LogP contribution is 2.30. The van der Waals surface area contributed by atoms with Gasteiger partial charge in [0.25, 0.3) is 0 Å². The molecule has 0 bridgehead atoms. The number of esters is 2. The van der Waals surface area contributed by atoms with Gasteiger partial charge in [-0.15, -0.1) is 0 Å². The highest BCUT2D eigenvalue weighted by atomic mass is 16.5. The summed E-state index contributed by atoms with van der Waals surface area (Å²) in [5.41, 5.74) is 13.1. The molecule has 0 atom stereocenters. The minimum Gasteiger partial charge on any atom is -0.481 e. The van der Waals surface area contributed by atoms with Crippen molar-refractivity contribution in [3.05, 3.63) is 59.7 Å². The van der Waals surface area contributed by atoms with Gasteiger partial charge in [0.2, 0.25) is 0 Å². The molecule has 0 aromatic heterocycles. The van der Waals surface area contributed by atoms with E-state index in [0.717, 1.165) is 62.5 Å². The first-order chi connectivity index (χ1) is 21.2. The van der Waals surface area contributed by atoms with Crippen molar-refractivity contribution >= 4 is 23.9 Å². The van der Waals surface area contributed by atoms with Crippen LogP contribution in [0, 0.1) is 23.7 Å². The number of benzene rings is 2. The summed E-state index contributed by atoms with van der Waals surface area (Å²) in [5.74, 6) is 0.0730. The number of carbonyl (C=O) groups excluding carboxylic acids is 2. The van der Waals surface area contributed by atoms with E-state index in [0.29, 0.717) is 49.3 Å². The first kappa shape index (κ1) is 34.7. The quantitative estimate of drug-likeness (QED) is 0.194. The largest absolute Gasteiger partial charge is 0.481 e. The van der Waals surface area contributed by atoms with Crippen molar-refractivity contribution in [2.75, 3.05) is 13.1 Å². The molecule has 0 aliphatic heterocycles. The molecule has 0 spiro atoms. The van der Waals surface area contributed by atoms with Gasteiger partial charge in [-0.05, 0) is 125 Å². The van der Waals surface area contributed by atoms with Crippen LogP contribution in [0.4, 0.5) is 0 Å². The zero-order valence-electron chi connectivity index (χ0n) is 25.3. The van der Waals surface area contributed by atoms with Crippen molar-refractivity contribution in [3.8, 4) is 11.5 Å². The summed E-state index contributed by atoms with van der Waals surface area (Å²) in [6.45, 7) is 1.39. The van der Waals surface area contributed by atoms with E-state index in [2.05, 4.69) is 0 Å². The highest BCUT2D eigenvalue weighted by molar-refractivity contribution is 5.75. The van der Waals surface area contributed by atoms with Crippen LogP contribution in [0.2, 0.25) is 0 Å². The Labute approximate surface area is 259 Å². The number of rotatable bonds is 12. The van der Waals surface area contributed by atoms with E-state index in [1.807, 2.05) is 0 Å². The lowest BCUT2D eigenvalue weighted by molar-refractivity contribution is -0.141. The summed E-state index contributed by atoms with van der Waals surface area (Å²) in [6, 6.07) is 14.1. The lowest BCUT2D eigenvalue weighted by atomic mass is 9.82. The third-order valence-corrected chi connectivity index (χ3v) is 8.57. The van der Waals surface area contributed by atoms with Crippen molar-refractivity contribution < 1.29 is 38.9 Å². The predicted octanol–water partition coefficient (Wildman–Crippen LogP) is 4.75. The van der Waals surface area contributed by atoms with E-state index in [9.17, 15) is 19.2 Å². The fourth-order valence-corrected chi connectivity index (χ4v) is 5.62. The molecular weight excluding hydrogens is 564 g/mol. The van der Waals surface area contributed by atoms with E-state index in [-0.39, 0.29) is 36.6 Å². The molecular formula is C34H46N2O8. The van der Waals surface area contributed by atoms with Gasteiger partial charge in [0.05, 0.1) is 11.8 Å². The van der Waals surface area contributed by atoms with Crippen LogP contribution in [0.5, 0.6) is 11.5 Å². The molecule has 2 fully saturated rings. The number of aliphatic carboxylic acids is 2. The first-order valence-corrected chi connectivity index (χ1v) is 15.6. The maximum absolute atomic E-state index is 12.1. The van der Waals surface area contributed by atoms with E-state index < -0.39 is 11.9 Å². The SMILES string of the molecule is NC[C@H]1CC[C@H](C(=O)Oc2ccc(CCC(=O)O)cc2)CC1.NC[C@H]1CC[C@H](C(=O)Oc2ccc(CCC(=O)O)cc2)CC1. The number of ether oxygens (including phenoxy) is 2. The number of carbonyl (C=O) groups is 4. The number of aryl methyl sites for hydroxylation is 2. The number of carboxylic acid groups (broad SMARTS) is 2. The lowest BCUT2D eigenvalue weighted by Crippen LogP contribution is -2.28. The highest BCUT2D eigenvalue weighted by Gasteiger charge is 2.28. The molecule has 2 aliphatic carbocycles. The van der Waals surface area contributed by atoms with Crippen molar-refractivity contribution in [1.82, 2.24) is 0 Å². The third kappa shape index (κ3) is 12.1. The minimum absolute atomic E-state index is 0.0329. The Hall–Kier alpha value is -3.76. The molecule has 2 aromatic carbocycles. The van der Waals surface area contributed by atoms with Crippen LogP contribution in [0.1, 0.15) is 75.3 Å². The summed E-state index contributed by atoms with van der Waals surface area (Å²) >= 11 is 0. The first-order valence-electron chi connectivity index (χ1n) is 15.6. The number of nitrogens with two attached hydrogens (primary N) is 2. The summed E-state index contributed by atoms with van der Waals surface area (Å²) in [5, 5.41) is 17.3. The molecule has 6 N–H and O–H groups in total. The van der Waals surface area contributed by atoms with E-state index in [4.69, 9.17) is 31.2 Å². The molecule has 10 heteroatoms. The molecule has 240 valence electrons. The third-order valence-electron chi connectivity index (χ3n) is 8.57. The second-order valence-corrected chi connectivity index (χ2v) is 11.8. The standard InChI is InChI=1S/2C17H23NO4/c2*18-11-13-1-6-14(7-2-13)17(21)22-15-8-3-12(4-9-15)5-10-16(19)20/h2*3-4,8-9,13-14H,1-2,5-7,10-11,18H2,(H,19,20)/t2*13-,14-. The summed E-state index contributed by atoms with van der Waals surface area (Å²) in [4.78, 5) is 45.3. The zero-order valence-corrected chi connectivity index (χ0v) is 25.3. The number of hydrogen-bond acceptors (Lipinski definition) is 8.